The van der Waals surface area contributed by atoms with Crippen molar-refractivity contribution in [2.24, 2.45) is 0 Å². The maximum absolute atomic E-state index is 5.66. The lowest BCUT2D eigenvalue weighted by Crippen LogP contribution is -2.04. The third-order valence-corrected chi connectivity index (χ3v) is 12.7. The van der Waals surface area contributed by atoms with Gasteiger partial charge in [-0.15, -0.1) is 11.3 Å². The minimum Gasteiger partial charge on any atom is -0.294 e. The topological polar surface area (TPSA) is 17.8 Å². The Morgan fingerprint density at radius 2 is 1.22 bits per heavy atom. The first-order valence-corrected chi connectivity index (χ1v) is 19.9. The first kappa shape index (κ1) is 31.9. The number of benzene rings is 7. The molecule has 1 atom stereocenters. The molecule has 0 bridgehead atoms. The van der Waals surface area contributed by atoms with Gasteiger partial charge >= 0.3 is 0 Å². The molecule has 10 aromatic rings. The molecular formula is C52H36N2S. The van der Waals surface area contributed by atoms with Crippen LogP contribution in [0.1, 0.15) is 29.0 Å². The van der Waals surface area contributed by atoms with Crippen LogP contribution in [0.3, 0.4) is 0 Å². The van der Waals surface area contributed by atoms with Gasteiger partial charge in [-0.05, 0) is 83.0 Å². The lowest BCUT2D eigenvalue weighted by atomic mass is 9.87. The fraction of sp³-hybridized carbons (Fsp3) is 0.0577. The minimum absolute atomic E-state index is 0.311. The Kier molecular flexibility index (Phi) is 7.43. The van der Waals surface area contributed by atoms with Crippen molar-refractivity contribution < 1.29 is 0 Å². The molecular weight excluding hydrogens is 685 g/mol. The number of hydrogen-bond acceptors (Lipinski definition) is 2. The molecule has 0 fully saturated rings. The molecule has 3 heterocycles. The molecule has 1 aliphatic rings. The molecule has 0 radical (unpaired) electrons. The van der Waals surface area contributed by atoms with Gasteiger partial charge in [0.25, 0.3) is 0 Å². The summed E-state index contributed by atoms with van der Waals surface area (Å²) in [5.41, 5.74) is 11.9. The predicted molar refractivity (Wildman–Crippen MR) is 235 cm³/mol. The molecule has 2 nitrogen and oxygen atoms in total. The minimum atomic E-state index is 0.311. The summed E-state index contributed by atoms with van der Waals surface area (Å²) in [5, 5.41) is 7.48. The van der Waals surface area contributed by atoms with Gasteiger partial charge in [-0.25, -0.2) is 4.98 Å². The summed E-state index contributed by atoms with van der Waals surface area (Å²) < 4.78 is 5.05. The van der Waals surface area contributed by atoms with Crippen molar-refractivity contribution in [3.8, 4) is 28.2 Å². The van der Waals surface area contributed by atoms with Gasteiger partial charge in [0.1, 0.15) is 5.82 Å². The summed E-state index contributed by atoms with van der Waals surface area (Å²) in [6, 6.07) is 59.9. The van der Waals surface area contributed by atoms with E-state index >= 15 is 0 Å². The second-order valence-corrected chi connectivity index (χ2v) is 15.8. The molecule has 0 saturated heterocycles. The van der Waals surface area contributed by atoms with Crippen LogP contribution in [0, 0.1) is 6.92 Å². The predicted octanol–water partition coefficient (Wildman–Crippen LogP) is 14.5. The summed E-state index contributed by atoms with van der Waals surface area (Å²) in [6.07, 6.45) is 7.99. The largest absolute Gasteiger partial charge is 0.294 e. The van der Waals surface area contributed by atoms with Crippen molar-refractivity contribution in [3.05, 3.63) is 199 Å². The Balaban J connectivity index is 1.07. The van der Waals surface area contributed by atoms with E-state index in [9.17, 15) is 0 Å². The quantitative estimate of drug-likeness (QED) is 0.173. The number of aromatic nitrogens is 2. The third kappa shape index (κ3) is 5.26. The van der Waals surface area contributed by atoms with Crippen LogP contribution in [0.2, 0.25) is 0 Å². The van der Waals surface area contributed by atoms with E-state index in [0.29, 0.717) is 5.92 Å². The van der Waals surface area contributed by atoms with Gasteiger partial charge in [-0.1, -0.05) is 146 Å². The number of rotatable bonds is 5. The van der Waals surface area contributed by atoms with E-state index in [1.165, 1.54) is 75.1 Å². The van der Waals surface area contributed by atoms with Crippen LogP contribution in [-0.4, -0.2) is 9.55 Å². The number of nitrogens with zero attached hydrogens (tertiary/aromatic N) is 2. The average Bonchev–Trinajstić information content (AvgIpc) is 3.79. The van der Waals surface area contributed by atoms with Crippen molar-refractivity contribution in [1.29, 1.82) is 0 Å². The number of allylic oxidation sites excluding steroid dienone is 4. The number of thiophene rings is 1. The van der Waals surface area contributed by atoms with E-state index in [1.807, 2.05) is 11.3 Å². The number of aryl methyl sites for hydroxylation is 1. The van der Waals surface area contributed by atoms with Crippen molar-refractivity contribution in [3.63, 3.8) is 0 Å². The van der Waals surface area contributed by atoms with Gasteiger partial charge in [-0.2, -0.15) is 0 Å². The molecule has 0 N–H and O–H groups in total. The van der Waals surface area contributed by atoms with E-state index in [0.717, 1.165) is 34.5 Å². The van der Waals surface area contributed by atoms with E-state index in [2.05, 4.69) is 194 Å². The third-order valence-electron chi connectivity index (χ3n) is 11.5. The number of fused-ring (bicyclic) bond motifs is 7. The van der Waals surface area contributed by atoms with Gasteiger partial charge in [0.15, 0.2) is 0 Å². The summed E-state index contributed by atoms with van der Waals surface area (Å²) in [6.45, 7) is 2.23. The molecule has 11 rings (SSSR count). The van der Waals surface area contributed by atoms with Crippen LogP contribution < -0.4 is 0 Å². The highest BCUT2D eigenvalue weighted by Crippen LogP contribution is 2.41. The standard InChI is InChI=1S/C52H36N2S/c1-33-41-16-5-6-19-45(41)51(40-15-11-14-37(30-40)36-24-22-35(23-25-36)34-12-3-2-4-13-34)53-52(33)54-47-20-9-7-17-42(47)43-28-26-39(32-48(43)54)38-27-29-50-46(31-38)44-18-8-10-21-49(44)55-50/h2-24,26-32,36H,25H2,1H3. The summed E-state index contributed by atoms with van der Waals surface area (Å²) >= 11 is 1.86. The molecule has 0 spiro atoms. The Hall–Kier alpha value is -6.55. The van der Waals surface area contributed by atoms with E-state index in [-0.39, 0.29) is 0 Å². The van der Waals surface area contributed by atoms with Crippen molar-refractivity contribution in [2.75, 3.05) is 0 Å². The van der Waals surface area contributed by atoms with Crippen LogP contribution in [0.15, 0.2) is 182 Å². The fourth-order valence-electron chi connectivity index (χ4n) is 8.74. The van der Waals surface area contributed by atoms with E-state index in [1.54, 1.807) is 0 Å². The normalized spacial score (nSPS) is 14.4. The summed E-state index contributed by atoms with van der Waals surface area (Å²) in [5.74, 6) is 1.28. The number of hydrogen-bond donors (Lipinski definition) is 0. The first-order valence-electron chi connectivity index (χ1n) is 19.1. The highest BCUT2D eigenvalue weighted by molar-refractivity contribution is 7.25. The van der Waals surface area contributed by atoms with Gasteiger partial charge in [0.2, 0.25) is 0 Å². The van der Waals surface area contributed by atoms with Crippen LogP contribution in [0.5, 0.6) is 0 Å². The Bertz CT molecular complexity index is 3190. The average molecular weight is 721 g/mol. The Morgan fingerprint density at radius 3 is 2.07 bits per heavy atom. The molecule has 0 amide bonds. The molecule has 3 aromatic heterocycles. The highest BCUT2D eigenvalue weighted by atomic mass is 32.1. The van der Waals surface area contributed by atoms with E-state index in [4.69, 9.17) is 4.98 Å². The lowest BCUT2D eigenvalue weighted by Gasteiger charge is -2.19. The Morgan fingerprint density at radius 1 is 0.527 bits per heavy atom. The zero-order valence-corrected chi connectivity index (χ0v) is 31.2. The highest BCUT2D eigenvalue weighted by Gasteiger charge is 2.21. The van der Waals surface area contributed by atoms with Crippen LogP contribution >= 0.6 is 11.3 Å². The SMILES string of the molecule is Cc1c(-n2c3ccccc3c3ccc(-c4ccc5sc6ccccc6c5c4)cc32)nc(-c2cccc(C3C=CC(c4ccccc4)=CC3)c2)c2ccccc12. The number of pyridine rings is 1. The van der Waals surface area contributed by atoms with Gasteiger partial charge in [0.05, 0.1) is 16.7 Å². The van der Waals surface area contributed by atoms with Crippen molar-refractivity contribution in [1.82, 2.24) is 9.55 Å². The molecule has 0 aliphatic heterocycles. The fourth-order valence-corrected chi connectivity index (χ4v) is 9.82. The second-order valence-electron chi connectivity index (χ2n) is 14.7. The number of para-hydroxylation sites is 1. The van der Waals surface area contributed by atoms with Crippen LogP contribution in [-0.2, 0) is 0 Å². The van der Waals surface area contributed by atoms with Crippen molar-refractivity contribution in [2.45, 2.75) is 19.3 Å². The van der Waals surface area contributed by atoms with Gasteiger partial charge in [-0.3, -0.25) is 4.57 Å². The zero-order chi connectivity index (χ0) is 36.5. The molecule has 55 heavy (non-hydrogen) atoms. The smallest absolute Gasteiger partial charge is 0.141 e. The molecule has 260 valence electrons. The second kappa shape index (κ2) is 12.8. The maximum Gasteiger partial charge on any atom is 0.141 e. The monoisotopic (exact) mass is 720 g/mol. The van der Waals surface area contributed by atoms with E-state index < -0.39 is 0 Å². The van der Waals surface area contributed by atoms with Crippen LogP contribution in [0.25, 0.3) is 86.5 Å². The van der Waals surface area contributed by atoms with Gasteiger partial charge in [0, 0.05) is 53.4 Å². The zero-order valence-electron chi connectivity index (χ0n) is 30.4. The maximum atomic E-state index is 5.66. The molecule has 7 aromatic carbocycles. The molecule has 3 heteroatoms. The Labute approximate surface area is 324 Å². The summed E-state index contributed by atoms with van der Waals surface area (Å²) in [4.78, 5) is 5.66. The molecule has 0 saturated carbocycles. The molecule has 1 aliphatic carbocycles. The lowest BCUT2D eigenvalue weighted by molar-refractivity contribution is 0.857. The van der Waals surface area contributed by atoms with Crippen LogP contribution in [0.4, 0.5) is 0 Å². The molecule has 1 unspecified atom stereocenters. The van der Waals surface area contributed by atoms with Gasteiger partial charge < -0.3 is 0 Å². The summed E-state index contributed by atoms with van der Waals surface area (Å²) in [7, 11) is 0. The van der Waals surface area contributed by atoms with Crippen molar-refractivity contribution >= 4 is 69.7 Å². The first-order chi connectivity index (χ1) is 27.2.